The predicted octanol–water partition coefficient (Wildman–Crippen LogP) is 3.73. The zero-order valence-electron chi connectivity index (χ0n) is 12.2. The summed E-state index contributed by atoms with van der Waals surface area (Å²) in [5, 5.41) is 7.32. The van der Waals surface area contributed by atoms with Crippen LogP contribution < -0.4 is 10.1 Å². The Morgan fingerprint density at radius 1 is 1.30 bits per heavy atom. The van der Waals surface area contributed by atoms with E-state index in [4.69, 9.17) is 4.74 Å². The molecule has 0 saturated carbocycles. The highest BCUT2D eigenvalue weighted by molar-refractivity contribution is 14.2. The number of nitrogens with zero attached hydrogens (tertiary/aromatic N) is 4. The summed E-state index contributed by atoms with van der Waals surface area (Å²) in [7, 11) is 1.82. The first-order chi connectivity index (χ1) is 11.3. The van der Waals surface area contributed by atoms with E-state index in [0.29, 0.717) is 24.7 Å². The van der Waals surface area contributed by atoms with Gasteiger partial charge in [0.15, 0.2) is 0 Å². The van der Waals surface area contributed by atoms with Gasteiger partial charge < -0.3 is 10.1 Å². The molecule has 3 aromatic rings. The first-order valence-electron chi connectivity index (χ1n) is 7.01. The van der Waals surface area contributed by atoms with Crippen molar-refractivity contribution in [3.63, 3.8) is 0 Å². The lowest BCUT2D eigenvalue weighted by atomic mass is 9.98. The lowest BCUT2D eigenvalue weighted by Crippen LogP contribution is -2.09. The third-order valence-electron chi connectivity index (χ3n) is 3.72. The Hall–Kier alpha value is -1.73. The SMILES string of the molecule is CNc1cnc2c(n1)OCc1cc(-c3cnn(PI)c3)ccc1-2. The fraction of sp³-hybridized carbons (Fsp3) is 0.133. The van der Waals surface area contributed by atoms with Gasteiger partial charge >= 0.3 is 0 Å². The molecule has 6 nitrogen and oxygen atoms in total. The van der Waals surface area contributed by atoms with Gasteiger partial charge in [0.05, 0.1) is 18.8 Å². The summed E-state index contributed by atoms with van der Waals surface area (Å²) < 4.78 is 7.71. The molecule has 1 aliphatic heterocycles. The van der Waals surface area contributed by atoms with Crippen LogP contribution in [-0.4, -0.2) is 26.6 Å². The Bertz CT molecular complexity index is 882. The number of nitrogens with one attached hydrogen (secondary N) is 1. The highest BCUT2D eigenvalue weighted by atomic mass is 127. The van der Waals surface area contributed by atoms with Gasteiger partial charge in [-0.2, -0.15) is 10.1 Å². The van der Waals surface area contributed by atoms with Crippen molar-refractivity contribution in [1.29, 1.82) is 0 Å². The Labute approximate surface area is 148 Å². The molecule has 8 heteroatoms. The molecule has 3 heterocycles. The van der Waals surface area contributed by atoms with E-state index >= 15 is 0 Å². The van der Waals surface area contributed by atoms with Crippen molar-refractivity contribution in [2.24, 2.45) is 0 Å². The van der Waals surface area contributed by atoms with Crippen molar-refractivity contribution in [3.05, 3.63) is 42.4 Å². The highest BCUT2D eigenvalue weighted by Gasteiger charge is 2.21. The van der Waals surface area contributed by atoms with Crippen LogP contribution in [-0.2, 0) is 6.61 Å². The van der Waals surface area contributed by atoms with Crippen molar-refractivity contribution in [1.82, 2.24) is 19.5 Å². The van der Waals surface area contributed by atoms with Crippen LogP contribution in [0.15, 0.2) is 36.8 Å². The van der Waals surface area contributed by atoms with Crippen LogP contribution in [0.4, 0.5) is 5.82 Å². The van der Waals surface area contributed by atoms with Crippen LogP contribution >= 0.6 is 28.4 Å². The minimum absolute atomic E-state index is 0.500. The van der Waals surface area contributed by atoms with Gasteiger partial charge in [-0.25, -0.2) is 9.44 Å². The molecule has 0 fully saturated rings. The van der Waals surface area contributed by atoms with Gasteiger partial charge in [-0.15, -0.1) is 0 Å². The number of benzene rings is 1. The zero-order chi connectivity index (χ0) is 15.8. The number of hydrogen-bond donors (Lipinski definition) is 1. The molecule has 0 spiro atoms. The van der Waals surface area contributed by atoms with E-state index in [2.05, 4.69) is 66.8 Å². The fourth-order valence-corrected chi connectivity index (χ4v) is 3.65. The highest BCUT2D eigenvalue weighted by Crippen LogP contribution is 2.37. The molecule has 0 radical (unpaired) electrons. The number of fused-ring (bicyclic) bond motifs is 3. The Balaban J connectivity index is 1.75. The van der Waals surface area contributed by atoms with Crippen molar-refractivity contribution >= 4 is 34.2 Å². The molecule has 0 bridgehead atoms. The van der Waals surface area contributed by atoms with Crippen molar-refractivity contribution < 1.29 is 4.74 Å². The number of aromatic nitrogens is 4. The number of ether oxygens (including phenoxy) is 1. The molecule has 1 aromatic carbocycles. The molecular weight excluding hydrogens is 424 g/mol. The second-order valence-electron chi connectivity index (χ2n) is 5.08. The number of halogens is 1. The second kappa shape index (κ2) is 6.05. The topological polar surface area (TPSA) is 64.9 Å². The number of rotatable bonds is 3. The van der Waals surface area contributed by atoms with E-state index in [0.717, 1.165) is 27.9 Å². The molecule has 1 aliphatic rings. The third-order valence-corrected chi connectivity index (χ3v) is 5.62. The maximum absolute atomic E-state index is 5.78. The monoisotopic (exact) mass is 437 g/mol. The number of anilines is 1. The Morgan fingerprint density at radius 2 is 2.22 bits per heavy atom. The summed E-state index contributed by atoms with van der Waals surface area (Å²) in [4.78, 5) is 8.90. The Kier molecular flexibility index (Phi) is 3.90. The molecule has 1 unspecified atom stereocenters. The molecule has 116 valence electrons. The van der Waals surface area contributed by atoms with Crippen molar-refractivity contribution in [2.75, 3.05) is 12.4 Å². The van der Waals surface area contributed by atoms with E-state index < -0.39 is 0 Å². The fourth-order valence-electron chi connectivity index (χ4n) is 2.57. The van der Waals surface area contributed by atoms with Crippen LogP contribution in [0.25, 0.3) is 22.4 Å². The summed E-state index contributed by atoms with van der Waals surface area (Å²) in [6, 6.07) is 6.33. The van der Waals surface area contributed by atoms with Crippen LogP contribution in [0.1, 0.15) is 5.56 Å². The largest absolute Gasteiger partial charge is 0.471 e. The summed E-state index contributed by atoms with van der Waals surface area (Å²) in [5.41, 5.74) is 5.23. The minimum Gasteiger partial charge on any atom is -0.471 e. The second-order valence-corrected chi connectivity index (χ2v) is 7.15. The molecular formula is C15H13IN5OP. The van der Waals surface area contributed by atoms with Crippen LogP contribution in [0.5, 0.6) is 5.88 Å². The van der Waals surface area contributed by atoms with Crippen LogP contribution in [0.2, 0.25) is 0 Å². The first kappa shape index (κ1) is 14.8. The van der Waals surface area contributed by atoms with Gasteiger partial charge in [-0.05, 0) is 39.2 Å². The average molecular weight is 437 g/mol. The average Bonchev–Trinajstić information content (AvgIpc) is 3.09. The van der Waals surface area contributed by atoms with Crippen LogP contribution in [0, 0.1) is 0 Å². The van der Waals surface area contributed by atoms with Gasteiger partial charge in [-0.1, -0.05) is 12.1 Å². The molecule has 2 aromatic heterocycles. The van der Waals surface area contributed by atoms with Gasteiger partial charge in [-0.3, -0.25) is 0 Å². The third kappa shape index (κ3) is 2.68. The van der Waals surface area contributed by atoms with Gasteiger partial charge in [0.2, 0.25) is 5.88 Å². The standard InChI is InChI=1S/C15H13IN5OP/c1-17-13-6-18-14-12-3-2-9(11-5-19-21(7-11)23-16)4-10(12)8-22-15(14)20-13/h2-7,23H,8H2,1H3,(H,17,20). The predicted molar refractivity (Wildman–Crippen MR) is 100 cm³/mol. The molecule has 0 amide bonds. The van der Waals surface area contributed by atoms with E-state index in [-0.39, 0.29) is 0 Å². The van der Waals surface area contributed by atoms with E-state index in [1.807, 2.05) is 17.7 Å². The number of hydrogen-bond acceptors (Lipinski definition) is 5. The summed E-state index contributed by atoms with van der Waals surface area (Å²) in [5.74, 6) is 1.28. The zero-order valence-corrected chi connectivity index (χ0v) is 15.4. The van der Waals surface area contributed by atoms with E-state index in [1.165, 1.54) is 0 Å². The van der Waals surface area contributed by atoms with E-state index in [9.17, 15) is 0 Å². The molecule has 1 N–H and O–H groups in total. The first-order valence-corrected chi connectivity index (χ1v) is 11.1. The maximum atomic E-state index is 5.78. The summed E-state index contributed by atoms with van der Waals surface area (Å²) in [6.45, 7) is 0.500. The van der Waals surface area contributed by atoms with E-state index in [1.54, 1.807) is 6.20 Å². The van der Waals surface area contributed by atoms with Crippen molar-refractivity contribution in [3.8, 4) is 28.3 Å². The lowest BCUT2D eigenvalue weighted by Gasteiger charge is -2.20. The van der Waals surface area contributed by atoms with Gasteiger partial charge in [0.25, 0.3) is 0 Å². The quantitative estimate of drug-likeness (QED) is 0.500. The Morgan fingerprint density at radius 3 is 3.00 bits per heavy atom. The summed E-state index contributed by atoms with van der Waals surface area (Å²) >= 11 is 2.31. The molecule has 23 heavy (non-hydrogen) atoms. The van der Waals surface area contributed by atoms with Gasteiger partial charge in [0.1, 0.15) is 18.1 Å². The maximum Gasteiger partial charge on any atom is 0.242 e. The van der Waals surface area contributed by atoms with Crippen molar-refractivity contribution in [2.45, 2.75) is 6.61 Å². The van der Waals surface area contributed by atoms with Crippen LogP contribution in [0.3, 0.4) is 0 Å². The molecule has 1 atom stereocenters. The molecule has 0 saturated heterocycles. The summed E-state index contributed by atoms with van der Waals surface area (Å²) in [6.07, 6.45) is 6.27. The molecule has 0 aliphatic carbocycles. The smallest absolute Gasteiger partial charge is 0.242 e. The molecule has 4 rings (SSSR count). The minimum atomic E-state index is 0.500. The van der Waals surface area contributed by atoms with Gasteiger partial charge in [0, 0.05) is 24.4 Å². The normalized spacial score (nSPS) is 12.8. The lowest BCUT2D eigenvalue weighted by molar-refractivity contribution is 0.289.